The van der Waals surface area contributed by atoms with Crippen LogP contribution in [0.1, 0.15) is 66.7 Å². The first kappa shape index (κ1) is 28.8. The smallest absolute Gasteiger partial charge is 0.325 e. The number of hydrogen-bond donors (Lipinski definition) is 6. The molecule has 0 rings (SSSR count). The summed E-state index contributed by atoms with van der Waals surface area (Å²) in [5, 5.41) is 16.8. The second-order valence-corrected chi connectivity index (χ2v) is 8.84. The van der Waals surface area contributed by atoms with E-state index in [9.17, 15) is 19.2 Å². The first-order valence-corrected chi connectivity index (χ1v) is 11.0. The SMILES string of the molecule is CC(C)CC(NC(=O)C(N)CCCCN)C(=O)NC(CC(C)C)C(=O)NC(C)C(=O)O. The molecule has 180 valence electrons. The maximum Gasteiger partial charge on any atom is 0.325 e. The van der Waals surface area contributed by atoms with E-state index in [0.29, 0.717) is 32.2 Å². The maximum atomic E-state index is 12.9. The Balaban J connectivity index is 5.26. The number of aliphatic carboxylic acids is 1. The molecule has 0 aromatic carbocycles. The van der Waals surface area contributed by atoms with Crippen molar-refractivity contribution in [2.45, 2.75) is 90.9 Å². The van der Waals surface area contributed by atoms with Crippen LogP contribution in [0.4, 0.5) is 0 Å². The number of nitrogens with two attached hydrogens (primary N) is 2. The van der Waals surface area contributed by atoms with Gasteiger partial charge in [-0.1, -0.05) is 34.1 Å². The van der Waals surface area contributed by atoms with Crippen LogP contribution in [0.5, 0.6) is 0 Å². The van der Waals surface area contributed by atoms with Gasteiger partial charge in [0.1, 0.15) is 18.1 Å². The molecule has 0 aliphatic heterocycles. The van der Waals surface area contributed by atoms with Gasteiger partial charge in [-0.25, -0.2) is 0 Å². The van der Waals surface area contributed by atoms with Crippen molar-refractivity contribution < 1.29 is 24.3 Å². The van der Waals surface area contributed by atoms with Crippen LogP contribution in [0.15, 0.2) is 0 Å². The molecule has 31 heavy (non-hydrogen) atoms. The van der Waals surface area contributed by atoms with E-state index in [0.717, 1.165) is 6.42 Å². The van der Waals surface area contributed by atoms with Crippen molar-refractivity contribution in [1.82, 2.24) is 16.0 Å². The molecule has 10 nitrogen and oxygen atoms in total. The van der Waals surface area contributed by atoms with Gasteiger partial charge in [-0.15, -0.1) is 0 Å². The predicted octanol–water partition coefficient (Wildman–Crippen LogP) is 0.0938. The second kappa shape index (κ2) is 14.7. The minimum Gasteiger partial charge on any atom is -0.480 e. The van der Waals surface area contributed by atoms with Gasteiger partial charge < -0.3 is 32.5 Å². The zero-order valence-corrected chi connectivity index (χ0v) is 19.4. The van der Waals surface area contributed by atoms with E-state index in [1.54, 1.807) is 0 Å². The van der Waals surface area contributed by atoms with Crippen molar-refractivity contribution in [2.24, 2.45) is 23.3 Å². The molecule has 8 N–H and O–H groups in total. The van der Waals surface area contributed by atoms with Crippen LogP contribution in [0.2, 0.25) is 0 Å². The Hall–Kier alpha value is -2.20. The summed E-state index contributed by atoms with van der Waals surface area (Å²) in [6.07, 6.45) is 2.63. The molecule has 0 saturated heterocycles. The number of nitrogens with one attached hydrogen (secondary N) is 3. The number of hydrogen-bond acceptors (Lipinski definition) is 6. The molecule has 0 bridgehead atoms. The van der Waals surface area contributed by atoms with E-state index in [4.69, 9.17) is 16.6 Å². The minimum absolute atomic E-state index is 0.0743. The van der Waals surface area contributed by atoms with Gasteiger partial charge in [0.25, 0.3) is 0 Å². The van der Waals surface area contributed by atoms with Crippen LogP contribution in [0, 0.1) is 11.8 Å². The first-order chi connectivity index (χ1) is 14.4. The Kier molecular flexibility index (Phi) is 13.7. The molecule has 0 saturated carbocycles. The third-order valence-electron chi connectivity index (χ3n) is 4.72. The third kappa shape index (κ3) is 12.3. The number of carboxylic acid groups (broad SMARTS) is 1. The van der Waals surface area contributed by atoms with E-state index in [1.807, 2.05) is 27.7 Å². The van der Waals surface area contributed by atoms with E-state index in [2.05, 4.69) is 16.0 Å². The van der Waals surface area contributed by atoms with Crippen LogP contribution in [-0.2, 0) is 19.2 Å². The Labute approximate surface area is 185 Å². The Morgan fingerprint density at radius 3 is 1.65 bits per heavy atom. The lowest BCUT2D eigenvalue weighted by molar-refractivity contribution is -0.142. The highest BCUT2D eigenvalue weighted by molar-refractivity contribution is 5.94. The maximum absolute atomic E-state index is 12.9. The molecular weight excluding hydrogens is 402 g/mol. The van der Waals surface area contributed by atoms with Gasteiger partial charge in [0, 0.05) is 0 Å². The van der Waals surface area contributed by atoms with Crippen molar-refractivity contribution in [3.8, 4) is 0 Å². The molecule has 0 spiro atoms. The molecule has 0 fully saturated rings. The van der Waals surface area contributed by atoms with E-state index in [1.165, 1.54) is 6.92 Å². The zero-order chi connectivity index (χ0) is 24.1. The number of carbonyl (C=O) groups excluding carboxylic acids is 3. The van der Waals surface area contributed by atoms with Crippen molar-refractivity contribution in [3.63, 3.8) is 0 Å². The van der Waals surface area contributed by atoms with Crippen LogP contribution in [0.3, 0.4) is 0 Å². The van der Waals surface area contributed by atoms with E-state index < -0.39 is 47.9 Å². The highest BCUT2D eigenvalue weighted by Crippen LogP contribution is 2.10. The Morgan fingerprint density at radius 2 is 1.23 bits per heavy atom. The summed E-state index contributed by atoms with van der Waals surface area (Å²) in [7, 11) is 0. The zero-order valence-electron chi connectivity index (χ0n) is 19.4. The molecule has 0 aliphatic rings. The number of amides is 3. The summed E-state index contributed by atoms with van der Waals surface area (Å²) in [6.45, 7) is 9.48. The quantitative estimate of drug-likeness (QED) is 0.194. The predicted molar refractivity (Wildman–Crippen MR) is 119 cm³/mol. The lowest BCUT2D eigenvalue weighted by Gasteiger charge is -2.26. The molecule has 4 unspecified atom stereocenters. The van der Waals surface area contributed by atoms with Gasteiger partial charge in [-0.05, 0) is 51.0 Å². The first-order valence-electron chi connectivity index (χ1n) is 11.0. The van der Waals surface area contributed by atoms with Crippen LogP contribution < -0.4 is 27.4 Å². The fourth-order valence-corrected chi connectivity index (χ4v) is 2.97. The molecule has 0 aliphatic carbocycles. The fourth-order valence-electron chi connectivity index (χ4n) is 2.97. The Morgan fingerprint density at radius 1 is 0.774 bits per heavy atom. The molecule has 0 aromatic rings. The van der Waals surface area contributed by atoms with Gasteiger partial charge in [0.05, 0.1) is 6.04 Å². The standard InChI is InChI=1S/C21H41N5O5/c1-12(2)10-16(19(28)24-14(5)21(30)31)26-20(29)17(11-13(3)4)25-18(27)15(23)8-6-7-9-22/h12-17H,6-11,22-23H2,1-5H3,(H,24,28)(H,25,27)(H,26,29)(H,30,31). The highest BCUT2D eigenvalue weighted by Gasteiger charge is 2.30. The molecule has 0 radical (unpaired) electrons. The van der Waals surface area contributed by atoms with Crippen LogP contribution in [-0.4, -0.2) is 59.5 Å². The summed E-state index contributed by atoms with van der Waals surface area (Å²) in [5.74, 6) is -2.50. The van der Waals surface area contributed by atoms with Crippen molar-refractivity contribution >= 4 is 23.7 Å². The van der Waals surface area contributed by atoms with Crippen LogP contribution in [0.25, 0.3) is 0 Å². The number of unbranched alkanes of at least 4 members (excludes halogenated alkanes) is 1. The topological polar surface area (TPSA) is 177 Å². The fraction of sp³-hybridized carbons (Fsp3) is 0.810. The summed E-state index contributed by atoms with van der Waals surface area (Å²) in [4.78, 5) is 49.0. The lowest BCUT2D eigenvalue weighted by Crippen LogP contribution is -2.57. The molecule has 4 atom stereocenters. The third-order valence-corrected chi connectivity index (χ3v) is 4.72. The number of rotatable bonds is 15. The molecule has 10 heteroatoms. The average molecular weight is 444 g/mol. The number of carboxylic acids is 1. The lowest BCUT2D eigenvalue weighted by atomic mass is 9.99. The summed E-state index contributed by atoms with van der Waals surface area (Å²) < 4.78 is 0. The minimum atomic E-state index is -1.17. The molecule has 3 amide bonds. The molecular formula is C21H41N5O5. The summed E-state index contributed by atoms with van der Waals surface area (Å²) in [6, 6.07) is -3.61. The van der Waals surface area contributed by atoms with E-state index >= 15 is 0 Å². The van der Waals surface area contributed by atoms with Gasteiger partial charge in [0.2, 0.25) is 17.7 Å². The Bertz CT molecular complexity index is 597. The van der Waals surface area contributed by atoms with Gasteiger partial charge >= 0.3 is 5.97 Å². The summed E-state index contributed by atoms with van der Waals surface area (Å²) >= 11 is 0. The highest BCUT2D eigenvalue weighted by atomic mass is 16.4. The van der Waals surface area contributed by atoms with Gasteiger partial charge in [-0.3, -0.25) is 19.2 Å². The summed E-state index contributed by atoms with van der Waals surface area (Å²) in [5.41, 5.74) is 11.4. The second-order valence-electron chi connectivity index (χ2n) is 8.84. The van der Waals surface area contributed by atoms with Crippen molar-refractivity contribution in [1.29, 1.82) is 0 Å². The van der Waals surface area contributed by atoms with Gasteiger partial charge in [0.15, 0.2) is 0 Å². The van der Waals surface area contributed by atoms with Crippen molar-refractivity contribution in [3.05, 3.63) is 0 Å². The normalized spacial score (nSPS) is 15.1. The molecule has 0 heterocycles. The average Bonchev–Trinajstić information content (AvgIpc) is 2.65. The number of carbonyl (C=O) groups is 4. The van der Waals surface area contributed by atoms with Crippen molar-refractivity contribution in [2.75, 3.05) is 6.54 Å². The van der Waals surface area contributed by atoms with E-state index in [-0.39, 0.29) is 11.8 Å². The van der Waals surface area contributed by atoms with Gasteiger partial charge in [-0.2, -0.15) is 0 Å². The molecule has 0 aromatic heterocycles. The van der Waals surface area contributed by atoms with Crippen LogP contribution >= 0.6 is 0 Å². The monoisotopic (exact) mass is 443 g/mol. The largest absolute Gasteiger partial charge is 0.480 e.